The summed E-state index contributed by atoms with van der Waals surface area (Å²) in [4.78, 5) is 0. The summed E-state index contributed by atoms with van der Waals surface area (Å²) in [5.74, 6) is 0.954. The molecule has 0 bridgehead atoms. The third kappa shape index (κ3) is 4.22. The highest BCUT2D eigenvalue weighted by Crippen LogP contribution is 2.26. The molecule has 0 amide bonds. The molecule has 102 valence electrons. The van der Waals surface area contributed by atoms with Gasteiger partial charge in [-0.25, -0.2) is 8.42 Å². The summed E-state index contributed by atoms with van der Waals surface area (Å²) in [6.45, 7) is 7.92. The van der Waals surface area contributed by atoms with Gasteiger partial charge in [-0.15, -0.1) is 0 Å². The fraction of sp³-hybridized carbons (Fsp3) is 0.538. The summed E-state index contributed by atoms with van der Waals surface area (Å²) in [6, 6.07) is 7.07. The quantitative estimate of drug-likeness (QED) is 0.865. The molecule has 0 aliphatic heterocycles. The lowest BCUT2D eigenvalue weighted by Crippen LogP contribution is -2.23. The summed E-state index contributed by atoms with van der Waals surface area (Å²) >= 11 is 0. The van der Waals surface area contributed by atoms with Crippen LogP contribution >= 0.6 is 0 Å². The van der Waals surface area contributed by atoms with Gasteiger partial charge < -0.3 is 4.74 Å². The Bertz CT molecular complexity index is 481. The van der Waals surface area contributed by atoms with Gasteiger partial charge in [0.25, 0.3) is 0 Å². The number of rotatable bonds is 6. The van der Waals surface area contributed by atoms with Crippen LogP contribution in [0.1, 0.15) is 27.7 Å². The van der Waals surface area contributed by atoms with E-state index in [2.05, 4.69) is 4.72 Å². The van der Waals surface area contributed by atoms with Gasteiger partial charge in [-0.1, -0.05) is 26.0 Å². The van der Waals surface area contributed by atoms with Gasteiger partial charge in [0.05, 0.1) is 17.5 Å². The molecule has 0 saturated carbocycles. The SMILES string of the molecule is CC(C)COc1ccccc1NS(=O)(=O)C(C)C. The van der Waals surface area contributed by atoms with Crippen LogP contribution in [0.2, 0.25) is 0 Å². The van der Waals surface area contributed by atoms with Crippen LogP contribution in [0, 0.1) is 5.92 Å². The van der Waals surface area contributed by atoms with Crippen molar-refractivity contribution in [2.75, 3.05) is 11.3 Å². The van der Waals surface area contributed by atoms with Crippen LogP contribution in [0.5, 0.6) is 5.75 Å². The summed E-state index contributed by atoms with van der Waals surface area (Å²) in [6.07, 6.45) is 0. The molecule has 0 aliphatic rings. The lowest BCUT2D eigenvalue weighted by Gasteiger charge is -2.15. The van der Waals surface area contributed by atoms with Crippen LogP contribution < -0.4 is 9.46 Å². The summed E-state index contributed by atoms with van der Waals surface area (Å²) < 4.78 is 31.8. The van der Waals surface area contributed by atoms with Crippen molar-refractivity contribution in [3.8, 4) is 5.75 Å². The molecule has 0 spiro atoms. The van der Waals surface area contributed by atoms with Crippen molar-refractivity contribution in [3.05, 3.63) is 24.3 Å². The highest BCUT2D eigenvalue weighted by molar-refractivity contribution is 7.93. The van der Waals surface area contributed by atoms with E-state index >= 15 is 0 Å². The second-order valence-corrected chi connectivity index (χ2v) is 7.13. The van der Waals surface area contributed by atoms with E-state index in [0.29, 0.717) is 24.0 Å². The number of para-hydroxylation sites is 2. The van der Waals surface area contributed by atoms with Crippen molar-refractivity contribution in [2.24, 2.45) is 5.92 Å². The molecule has 0 unspecified atom stereocenters. The molecule has 0 aliphatic carbocycles. The predicted octanol–water partition coefficient (Wildman–Crippen LogP) is 2.87. The van der Waals surface area contributed by atoms with E-state index in [1.807, 2.05) is 19.9 Å². The molecular formula is C13H21NO3S. The Kier molecular flexibility index (Phi) is 5.02. The van der Waals surface area contributed by atoms with Crippen molar-refractivity contribution in [1.82, 2.24) is 0 Å². The standard InChI is InChI=1S/C13H21NO3S/c1-10(2)9-17-13-8-6-5-7-12(13)14-18(15,16)11(3)4/h5-8,10-11,14H,9H2,1-4H3. The van der Waals surface area contributed by atoms with Crippen LogP contribution in [0.15, 0.2) is 24.3 Å². The average molecular weight is 271 g/mol. The summed E-state index contributed by atoms with van der Waals surface area (Å²) in [7, 11) is -3.34. The normalized spacial score (nSPS) is 11.9. The van der Waals surface area contributed by atoms with Crippen LogP contribution in [0.3, 0.4) is 0 Å². The number of hydrogen-bond acceptors (Lipinski definition) is 3. The van der Waals surface area contributed by atoms with E-state index in [1.165, 1.54) is 0 Å². The third-order valence-electron chi connectivity index (χ3n) is 2.33. The molecule has 4 nitrogen and oxygen atoms in total. The molecule has 1 aromatic carbocycles. The van der Waals surface area contributed by atoms with E-state index < -0.39 is 15.3 Å². The maximum absolute atomic E-state index is 11.8. The van der Waals surface area contributed by atoms with E-state index in [1.54, 1.807) is 32.0 Å². The Morgan fingerprint density at radius 2 is 1.78 bits per heavy atom. The van der Waals surface area contributed by atoms with E-state index in [4.69, 9.17) is 4.74 Å². The highest BCUT2D eigenvalue weighted by Gasteiger charge is 2.17. The average Bonchev–Trinajstić information content (AvgIpc) is 2.27. The molecule has 0 heterocycles. The Labute approximate surface area is 109 Å². The van der Waals surface area contributed by atoms with Gasteiger partial charge in [0.1, 0.15) is 5.75 Å². The predicted molar refractivity (Wildman–Crippen MR) is 74.5 cm³/mol. The van der Waals surface area contributed by atoms with Gasteiger partial charge in [-0.3, -0.25) is 4.72 Å². The monoisotopic (exact) mass is 271 g/mol. The molecule has 0 radical (unpaired) electrons. The molecule has 1 rings (SSSR count). The first-order valence-corrected chi connectivity index (χ1v) is 7.61. The Morgan fingerprint density at radius 3 is 2.33 bits per heavy atom. The molecule has 0 atom stereocenters. The first-order chi connectivity index (χ1) is 8.33. The van der Waals surface area contributed by atoms with Crippen LogP contribution in [0.4, 0.5) is 5.69 Å². The van der Waals surface area contributed by atoms with E-state index in [-0.39, 0.29) is 0 Å². The van der Waals surface area contributed by atoms with Crippen molar-refractivity contribution in [3.63, 3.8) is 0 Å². The van der Waals surface area contributed by atoms with Gasteiger partial charge in [-0.05, 0) is 31.9 Å². The van der Waals surface area contributed by atoms with Gasteiger partial charge in [0.2, 0.25) is 10.0 Å². The number of anilines is 1. The fourth-order valence-electron chi connectivity index (χ4n) is 1.20. The minimum absolute atomic E-state index is 0.389. The number of benzene rings is 1. The zero-order chi connectivity index (χ0) is 13.8. The van der Waals surface area contributed by atoms with Crippen LogP contribution in [0.25, 0.3) is 0 Å². The molecule has 5 heteroatoms. The molecule has 1 N–H and O–H groups in total. The zero-order valence-electron chi connectivity index (χ0n) is 11.3. The number of sulfonamides is 1. The molecular weight excluding hydrogens is 250 g/mol. The van der Waals surface area contributed by atoms with Gasteiger partial charge in [0, 0.05) is 0 Å². The van der Waals surface area contributed by atoms with Crippen molar-refractivity contribution >= 4 is 15.7 Å². The lowest BCUT2D eigenvalue weighted by atomic mass is 10.2. The molecule has 0 aromatic heterocycles. The van der Waals surface area contributed by atoms with Crippen molar-refractivity contribution in [2.45, 2.75) is 32.9 Å². The minimum Gasteiger partial charge on any atom is -0.491 e. The Balaban J connectivity index is 2.89. The second-order valence-electron chi connectivity index (χ2n) is 4.90. The van der Waals surface area contributed by atoms with Crippen molar-refractivity contribution in [1.29, 1.82) is 0 Å². The molecule has 18 heavy (non-hydrogen) atoms. The maximum atomic E-state index is 11.8. The number of nitrogens with one attached hydrogen (secondary N) is 1. The topological polar surface area (TPSA) is 55.4 Å². The first-order valence-electron chi connectivity index (χ1n) is 6.06. The van der Waals surface area contributed by atoms with E-state index in [0.717, 1.165) is 0 Å². The zero-order valence-corrected chi connectivity index (χ0v) is 12.1. The molecule has 0 fully saturated rings. The summed E-state index contributed by atoms with van der Waals surface area (Å²) in [5, 5.41) is -0.476. The maximum Gasteiger partial charge on any atom is 0.235 e. The lowest BCUT2D eigenvalue weighted by molar-refractivity contribution is 0.272. The first kappa shape index (κ1) is 14.8. The minimum atomic E-state index is -3.34. The van der Waals surface area contributed by atoms with Gasteiger partial charge >= 0.3 is 0 Å². The van der Waals surface area contributed by atoms with Gasteiger partial charge in [0.15, 0.2) is 0 Å². The second kappa shape index (κ2) is 6.09. The Hall–Kier alpha value is -1.23. The third-order valence-corrected chi connectivity index (χ3v) is 4.08. The van der Waals surface area contributed by atoms with Crippen LogP contribution in [-0.4, -0.2) is 20.3 Å². The summed E-state index contributed by atoms with van der Waals surface area (Å²) in [5.41, 5.74) is 0.492. The largest absolute Gasteiger partial charge is 0.491 e. The number of hydrogen-bond donors (Lipinski definition) is 1. The fourth-order valence-corrected chi connectivity index (χ4v) is 1.92. The smallest absolute Gasteiger partial charge is 0.235 e. The molecule has 1 aromatic rings. The highest BCUT2D eigenvalue weighted by atomic mass is 32.2. The van der Waals surface area contributed by atoms with Crippen LogP contribution in [-0.2, 0) is 10.0 Å². The number of ether oxygens (including phenoxy) is 1. The van der Waals surface area contributed by atoms with Crippen molar-refractivity contribution < 1.29 is 13.2 Å². The molecule has 0 saturated heterocycles. The van der Waals surface area contributed by atoms with E-state index in [9.17, 15) is 8.42 Å². The Morgan fingerprint density at radius 1 is 1.17 bits per heavy atom. The van der Waals surface area contributed by atoms with Gasteiger partial charge in [-0.2, -0.15) is 0 Å².